The molecule has 0 unspecified atom stereocenters. The summed E-state index contributed by atoms with van der Waals surface area (Å²) in [6, 6.07) is 12.9. The summed E-state index contributed by atoms with van der Waals surface area (Å²) in [7, 11) is 5.91. The summed E-state index contributed by atoms with van der Waals surface area (Å²) in [5.41, 5.74) is 7.44. The molecule has 0 saturated carbocycles. The lowest BCUT2D eigenvalue weighted by Crippen LogP contribution is -2.52. The van der Waals surface area contributed by atoms with E-state index >= 15 is 0 Å². The van der Waals surface area contributed by atoms with Gasteiger partial charge in [0, 0.05) is 92.8 Å². The van der Waals surface area contributed by atoms with E-state index in [9.17, 15) is 4.79 Å². The zero-order valence-corrected chi connectivity index (χ0v) is 28.7. The molecule has 11 heteroatoms. The predicted octanol–water partition coefficient (Wildman–Crippen LogP) is 5.53. The summed E-state index contributed by atoms with van der Waals surface area (Å²) in [4.78, 5) is 30.0. The van der Waals surface area contributed by atoms with E-state index in [2.05, 4.69) is 87.1 Å². The van der Waals surface area contributed by atoms with Gasteiger partial charge in [0.25, 0.3) is 0 Å². The molecule has 4 aromatic rings. The number of hydrogen-bond donors (Lipinski definition) is 2. The Morgan fingerprint density at radius 3 is 2.57 bits per heavy atom. The SMILES string of the molecule is C=CC(=O)Nc1cc(Nc2ncc(C3=CCOCC3)c(-c3cn(C)c4ccccc34)n2)c(OC)cc1N1CCC(N2CCN(C)CC2)CC1. The second-order valence-electron chi connectivity index (χ2n) is 13.1. The van der Waals surface area contributed by atoms with Crippen molar-refractivity contribution in [3.8, 4) is 17.0 Å². The molecule has 256 valence electrons. The van der Waals surface area contributed by atoms with Crippen LogP contribution >= 0.6 is 0 Å². The van der Waals surface area contributed by atoms with Crippen molar-refractivity contribution in [3.63, 3.8) is 0 Å². The number of fused-ring (bicyclic) bond motifs is 1. The minimum Gasteiger partial charge on any atom is -0.494 e. The summed E-state index contributed by atoms with van der Waals surface area (Å²) >= 11 is 0. The highest BCUT2D eigenvalue weighted by Gasteiger charge is 2.29. The van der Waals surface area contributed by atoms with Gasteiger partial charge in [0.05, 0.1) is 43.1 Å². The van der Waals surface area contributed by atoms with Crippen LogP contribution in [-0.2, 0) is 16.6 Å². The Morgan fingerprint density at radius 2 is 1.84 bits per heavy atom. The maximum atomic E-state index is 12.7. The molecular weight excluding hydrogens is 616 g/mol. The van der Waals surface area contributed by atoms with Gasteiger partial charge in [-0.3, -0.25) is 9.69 Å². The standard InChI is InChI=1S/C38H46N8O3/c1-5-36(47)40-31-22-32(35(48-4)23-34(31)46-14-10-27(11-15-46)45-18-16-43(2)17-19-45)41-38-39-24-29(26-12-20-49-21-13-26)37(42-38)30-25-44(3)33-9-7-6-8-28(30)33/h5-9,12,22-25,27H,1,10-11,13-21H2,2-4H3,(H,40,47)(H,39,41,42). The van der Waals surface area contributed by atoms with Gasteiger partial charge in [-0.25, -0.2) is 9.97 Å². The number of hydrogen-bond acceptors (Lipinski definition) is 9. The molecule has 2 aromatic carbocycles. The second kappa shape index (κ2) is 14.4. The molecule has 0 aliphatic carbocycles. The number of piperazine rings is 1. The van der Waals surface area contributed by atoms with Gasteiger partial charge in [-0.2, -0.15) is 0 Å². The number of carbonyl (C=O) groups is 1. The molecule has 49 heavy (non-hydrogen) atoms. The van der Waals surface area contributed by atoms with Crippen molar-refractivity contribution in [1.29, 1.82) is 0 Å². The number of piperidine rings is 1. The van der Waals surface area contributed by atoms with Gasteiger partial charge in [0.1, 0.15) is 5.75 Å². The van der Waals surface area contributed by atoms with Crippen molar-refractivity contribution in [3.05, 3.63) is 73.1 Å². The summed E-state index contributed by atoms with van der Waals surface area (Å²) in [5.74, 6) is 0.798. The van der Waals surface area contributed by atoms with Crippen molar-refractivity contribution < 1.29 is 14.3 Å². The number of ether oxygens (including phenoxy) is 2. The quantitative estimate of drug-likeness (QED) is 0.224. The summed E-state index contributed by atoms with van der Waals surface area (Å²) in [6.07, 6.45) is 10.4. The molecule has 0 radical (unpaired) electrons. The Kier molecular flexibility index (Phi) is 9.65. The van der Waals surface area contributed by atoms with Crippen LogP contribution < -0.4 is 20.3 Å². The number of anilines is 4. The van der Waals surface area contributed by atoms with Gasteiger partial charge in [0.15, 0.2) is 0 Å². The van der Waals surface area contributed by atoms with E-state index < -0.39 is 0 Å². The summed E-state index contributed by atoms with van der Waals surface area (Å²) in [5, 5.41) is 7.60. The van der Waals surface area contributed by atoms with Crippen LogP contribution in [0.1, 0.15) is 24.8 Å². The maximum Gasteiger partial charge on any atom is 0.247 e. The fourth-order valence-corrected chi connectivity index (χ4v) is 7.35. The number of aryl methyl sites for hydroxylation is 1. The number of nitrogens with zero attached hydrogens (tertiary/aromatic N) is 6. The van der Waals surface area contributed by atoms with Crippen molar-refractivity contribution in [2.75, 3.05) is 82.2 Å². The number of rotatable bonds is 9. The van der Waals surface area contributed by atoms with Gasteiger partial charge >= 0.3 is 0 Å². The Labute approximate surface area is 288 Å². The number of benzene rings is 2. The average molecular weight is 663 g/mol. The van der Waals surface area contributed by atoms with E-state index in [0.29, 0.717) is 42.3 Å². The van der Waals surface area contributed by atoms with Crippen LogP contribution in [0.4, 0.5) is 23.0 Å². The van der Waals surface area contributed by atoms with Crippen LogP contribution in [0.3, 0.4) is 0 Å². The zero-order valence-electron chi connectivity index (χ0n) is 28.7. The van der Waals surface area contributed by atoms with Gasteiger partial charge in [-0.1, -0.05) is 30.9 Å². The van der Waals surface area contributed by atoms with Gasteiger partial charge in [-0.05, 0) is 50.1 Å². The molecule has 3 aliphatic heterocycles. The van der Waals surface area contributed by atoms with Crippen LogP contribution in [0.15, 0.2) is 67.5 Å². The van der Waals surface area contributed by atoms with Gasteiger partial charge < -0.3 is 34.5 Å². The third-order valence-electron chi connectivity index (χ3n) is 10.1. The number of likely N-dealkylation sites (N-methyl/N-ethyl adjacent to an activating group) is 1. The fourth-order valence-electron chi connectivity index (χ4n) is 7.35. The Hall–Kier alpha value is -4.71. The Balaban J connectivity index is 1.21. The molecule has 11 nitrogen and oxygen atoms in total. The molecule has 7 rings (SSSR count). The summed E-state index contributed by atoms with van der Waals surface area (Å²) < 4.78 is 13.7. The normalized spacial score (nSPS) is 17.9. The third kappa shape index (κ3) is 6.92. The van der Waals surface area contributed by atoms with Crippen LogP contribution in [0, 0.1) is 0 Å². The highest BCUT2D eigenvalue weighted by Crippen LogP contribution is 2.41. The number of amides is 1. The lowest BCUT2D eigenvalue weighted by molar-refractivity contribution is -0.111. The fraction of sp³-hybridized carbons (Fsp3) is 0.395. The lowest BCUT2D eigenvalue weighted by atomic mass is 9.97. The van der Waals surface area contributed by atoms with Crippen LogP contribution in [0.2, 0.25) is 0 Å². The Bertz CT molecular complexity index is 1870. The van der Waals surface area contributed by atoms with Crippen LogP contribution in [0.5, 0.6) is 5.75 Å². The molecule has 5 heterocycles. The summed E-state index contributed by atoms with van der Waals surface area (Å²) in [6.45, 7) is 11.2. The predicted molar refractivity (Wildman–Crippen MR) is 197 cm³/mol. The molecule has 2 N–H and O–H groups in total. The molecule has 0 atom stereocenters. The van der Waals surface area contributed by atoms with Crippen LogP contribution in [-0.4, -0.2) is 103 Å². The Morgan fingerprint density at radius 1 is 1.04 bits per heavy atom. The minimum absolute atomic E-state index is 0.270. The average Bonchev–Trinajstić information content (AvgIpc) is 3.48. The molecule has 3 aliphatic rings. The van der Waals surface area contributed by atoms with Crippen molar-refractivity contribution in [2.45, 2.75) is 25.3 Å². The zero-order chi connectivity index (χ0) is 33.9. The van der Waals surface area contributed by atoms with Gasteiger partial charge in [-0.15, -0.1) is 0 Å². The maximum absolute atomic E-state index is 12.7. The monoisotopic (exact) mass is 662 g/mol. The largest absolute Gasteiger partial charge is 0.494 e. The second-order valence-corrected chi connectivity index (χ2v) is 13.1. The first-order valence-electron chi connectivity index (χ1n) is 17.2. The highest BCUT2D eigenvalue weighted by atomic mass is 16.5. The molecule has 0 spiro atoms. The number of para-hydroxylation sites is 1. The molecule has 2 fully saturated rings. The van der Waals surface area contributed by atoms with Gasteiger partial charge in [0.2, 0.25) is 11.9 Å². The van der Waals surface area contributed by atoms with E-state index in [1.807, 2.05) is 18.3 Å². The lowest BCUT2D eigenvalue weighted by Gasteiger charge is -2.43. The van der Waals surface area contributed by atoms with Crippen LogP contribution in [0.25, 0.3) is 27.7 Å². The number of aromatic nitrogens is 3. The van der Waals surface area contributed by atoms with E-state index in [0.717, 1.165) is 91.9 Å². The number of carbonyl (C=O) groups excluding carboxylic acids is 1. The smallest absolute Gasteiger partial charge is 0.247 e. The minimum atomic E-state index is -0.270. The number of methoxy groups -OCH3 is 1. The first-order chi connectivity index (χ1) is 23.9. The third-order valence-corrected chi connectivity index (χ3v) is 10.1. The van der Waals surface area contributed by atoms with E-state index in [1.54, 1.807) is 7.11 Å². The van der Waals surface area contributed by atoms with Crippen molar-refractivity contribution in [2.24, 2.45) is 7.05 Å². The topological polar surface area (TPSA) is 100 Å². The first-order valence-corrected chi connectivity index (χ1v) is 17.2. The van der Waals surface area contributed by atoms with E-state index in [1.165, 1.54) is 11.6 Å². The molecule has 1 amide bonds. The molecule has 2 aromatic heterocycles. The van der Waals surface area contributed by atoms with Crippen molar-refractivity contribution >= 4 is 45.4 Å². The van der Waals surface area contributed by atoms with Crippen molar-refractivity contribution in [1.82, 2.24) is 24.3 Å². The van der Waals surface area contributed by atoms with E-state index in [-0.39, 0.29) is 5.91 Å². The molecular formula is C38H46N8O3. The highest BCUT2D eigenvalue weighted by molar-refractivity contribution is 6.02. The van der Waals surface area contributed by atoms with E-state index in [4.69, 9.17) is 19.4 Å². The molecule has 2 saturated heterocycles. The first kappa shape index (κ1) is 32.8. The molecule has 0 bridgehead atoms. The number of nitrogens with one attached hydrogen (secondary N) is 2.